The minimum Gasteiger partial charge on any atom is -0.354 e. The lowest BCUT2D eigenvalue weighted by Crippen LogP contribution is -2.43. The van der Waals surface area contributed by atoms with Crippen molar-refractivity contribution in [3.8, 4) is 0 Å². The molecule has 3 heterocycles. The molecule has 27 heavy (non-hydrogen) atoms. The zero-order valence-electron chi connectivity index (χ0n) is 15.1. The highest BCUT2D eigenvalue weighted by molar-refractivity contribution is 7.97. The van der Waals surface area contributed by atoms with Crippen molar-refractivity contribution in [2.24, 2.45) is 0 Å². The van der Waals surface area contributed by atoms with Crippen LogP contribution in [0.4, 0.5) is 15.9 Å². The van der Waals surface area contributed by atoms with Crippen molar-refractivity contribution in [2.45, 2.75) is 17.7 Å². The molecular formula is C20H22ClFN4S. The fraction of sp³-hybridized carbons (Fsp3) is 0.350. The molecule has 2 aliphatic rings. The summed E-state index contributed by atoms with van der Waals surface area (Å²) in [5.41, 5.74) is 2.43. The van der Waals surface area contributed by atoms with E-state index in [0.717, 1.165) is 39.1 Å². The van der Waals surface area contributed by atoms with Crippen LogP contribution in [0.2, 0.25) is 5.15 Å². The topological polar surface area (TPSA) is 22.6 Å². The molecule has 1 aromatic carbocycles. The summed E-state index contributed by atoms with van der Waals surface area (Å²) in [6.07, 6.45) is 2.27. The van der Waals surface area contributed by atoms with Crippen molar-refractivity contribution in [3.63, 3.8) is 0 Å². The Morgan fingerprint density at radius 2 is 1.78 bits per heavy atom. The van der Waals surface area contributed by atoms with E-state index in [9.17, 15) is 4.39 Å². The number of anilines is 2. The van der Waals surface area contributed by atoms with Crippen molar-refractivity contribution < 1.29 is 4.39 Å². The summed E-state index contributed by atoms with van der Waals surface area (Å²) < 4.78 is 15.9. The predicted molar refractivity (Wildman–Crippen MR) is 111 cm³/mol. The first-order valence-electron chi connectivity index (χ1n) is 9.15. The molecule has 0 bridgehead atoms. The normalized spacial score (nSPS) is 18.4. The van der Waals surface area contributed by atoms with Gasteiger partial charge in [-0.2, -0.15) is 0 Å². The lowest BCUT2D eigenvalue weighted by Gasteiger charge is -2.34. The van der Waals surface area contributed by atoms with Crippen LogP contribution in [-0.2, 0) is 0 Å². The summed E-state index contributed by atoms with van der Waals surface area (Å²) in [6.45, 7) is 8.56. The van der Waals surface area contributed by atoms with Crippen LogP contribution in [0, 0.1) is 5.82 Å². The highest BCUT2D eigenvalue weighted by Crippen LogP contribution is 2.31. The number of piperazine rings is 1. The second kappa shape index (κ2) is 8.09. The maximum atomic E-state index is 13.5. The smallest absolute Gasteiger partial charge is 0.134 e. The number of rotatable bonds is 4. The molecule has 0 unspecified atom stereocenters. The largest absolute Gasteiger partial charge is 0.354 e. The van der Waals surface area contributed by atoms with Gasteiger partial charge in [-0.25, -0.2) is 13.7 Å². The Morgan fingerprint density at radius 3 is 2.41 bits per heavy atom. The first-order chi connectivity index (χ1) is 13.1. The van der Waals surface area contributed by atoms with Crippen LogP contribution < -0.4 is 9.80 Å². The molecule has 0 spiro atoms. The summed E-state index contributed by atoms with van der Waals surface area (Å²) in [6, 6.07) is 11.4. The van der Waals surface area contributed by atoms with E-state index >= 15 is 0 Å². The van der Waals surface area contributed by atoms with Crippen molar-refractivity contribution in [2.75, 3.05) is 42.5 Å². The molecule has 0 aliphatic carbocycles. The second-order valence-electron chi connectivity index (χ2n) is 6.79. The molecule has 0 N–H and O–H groups in total. The number of hydrogen-bond donors (Lipinski definition) is 0. The summed E-state index contributed by atoms with van der Waals surface area (Å²) in [4.78, 5) is 9.83. The van der Waals surface area contributed by atoms with Crippen LogP contribution in [0.3, 0.4) is 0 Å². The Bertz CT molecular complexity index is 801. The van der Waals surface area contributed by atoms with Gasteiger partial charge in [0.05, 0.1) is 0 Å². The summed E-state index contributed by atoms with van der Waals surface area (Å²) in [5, 5.41) is 0.197. The van der Waals surface area contributed by atoms with E-state index in [1.165, 1.54) is 34.8 Å². The minimum absolute atomic E-state index is 0.197. The molecule has 0 atom stereocenters. The van der Waals surface area contributed by atoms with Crippen LogP contribution in [0.25, 0.3) is 0 Å². The van der Waals surface area contributed by atoms with Gasteiger partial charge < -0.3 is 9.80 Å². The lowest BCUT2D eigenvalue weighted by molar-refractivity contribution is 0.427. The fourth-order valence-corrected chi connectivity index (χ4v) is 4.60. The summed E-state index contributed by atoms with van der Waals surface area (Å²) in [7, 11) is 0. The molecule has 2 saturated heterocycles. The van der Waals surface area contributed by atoms with Crippen LogP contribution in [0.1, 0.15) is 12.8 Å². The lowest BCUT2D eigenvalue weighted by atomic mass is 10.3. The van der Waals surface area contributed by atoms with Gasteiger partial charge in [0, 0.05) is 61.1 Å². The van der Waals surface area contributed by atoms with Gasteiger partial charge in [-0.05, 0) is 49.1 Å². The first kappa shape index (κ1) is 18.6. The summed E-state index contributed by atoms with van der Waals surface area (Å²) in [5.74, 6) is 0.266. The van der Waals surface area contributed by atoms with E-state index in [4.69, 9.17) is 11.6 Å². The van der Waals surface area contributed by atoms with Gasteiger partial charge in [0.15, 0.2) is 0 Å². The van der Waals surface area contributed by atoms with Crippen LogP contribution in [0.15, 0.2) is 53.6 Å². The Hall–Kier alpha value is -1.76. The van der Waals surface area contributed by atoms with E-state index in [1.54, 1.807) is 11.9 Å². The first-order valence-corrected chi connectivity index (χ1v) is 10.3. The predicted octanol–water partition coefficient (Wildman–Crippen LogP) is 4.82. The number of hydrogen-bond acceptors (Lipinski definition) is 5. The van der Waals surface area contributed by atoms with E-state index in [2.05, 4.69) is 49.9 Å². The molecule has 1 aromatic heterocycles. The maximum absolute atomic E-state index is 13.5. The van der Waals surface area contributed by atoms with Gasteiger partial charge in [0.25, 0.3) is 0 Å². The van der Waals surface area contributed by atoms with Crippen LogP contribution >= 0.6 is 23.5 Å². The molecule has 0 radical (unpaired) electrons. The Morgan fingerprint density at radius 1 is 1.04 bits per heavy atom. The Labute approximate surface area is 168 Å². The minimum atomic E-state index is -0.345. The van der Waals surface area contributed by atoms with Gasteiger partial charge >= 0.3 is 0 Å². The maximum Gasteiger partial charge on any atom is 0.134 e. The van der Waals surface area contributed by atoms with Crippen molar-refractivity contribution in [1.29, 1.82) is 0 Å². The number of halogens is 2. The molecule has 4 rings (SSSR count). The molecule has 0 amide bonds. The highest BCUT2D eigenvalue weighted by atomic mass is 35.5. The third-order valence-electron chi connectivity index (χ3n) is 4.92. The quantitative estimate of drug-likeness (QED) is 0.537. The average molecular weight is 405 g/mol. The third kappa shape index (κ3) is 4.39. The number of nitrogens with zero attached hydrogens (tertiary/aromatic N) is 4. The van der Waals surface area contributed by atoms with Crippen molar-refractivity contribution in [1.82, 2.24) is 9.29 Å². The van der Waals surface area contributed by atoms with Gasteiger partial charge in [0.1, 0.15) is 16.8 Å². The number of pyridine rings is 1. The Kier molecular flexibility index (Phi) is 5.57. The van der Waals surface area contributed by atoms with Gasteiger partial charge in [-0.1, -0.05) is 18.2 Å². The molecule has 2 aliphatic heterocycles. The van der Waals surface area contributed by atoms with Crippen molar-refractivity contribution in [3.05, 3.63) is 59.6 Å². The number of benzene rings is 1. The summed E-state index contributed by atoms with van der Waals surface area (Å²) >= 11 is 7.64. The molecule has 7 heteroatoms. The molecular weight excluding hydrogens is 383 g/mol. The SMILES string of the molecule is C=C1CCCN1c1ccc(SN2CCN(c3cc(F)cc(Cl)n3)CC2)cc1. The van der Waals surface area contributed by atoms with E-state index in [0.29, 0.717) is 5.82 Å². The van der Waals surface area contributed by atoms with E-state index in [-0.39, 0.29) is 11.0 Å². The molecule has 142 valence electrons. The average Bonchev–Trinajstić information content (AvgIpc) is 3.08. The zero-order valence-corrected chi connectivity index (χ0v) is 16.6. The third-order valence-corrected chi connectivity index (χ3v) is 6.22. The zero-order chi connectivity index (χ0) is 18.8. The van der Waals surface area contributed by atoms with Crippen molar-refractivity contribution >= 4 is 35.1 Å². The molecule has 4 nitrogen and oxygen atoms in total. The van der Waals surface area contributed by atoms with Gasteiger partial charge in [-0.3, -0.25) is 0 Å². The fourth-order valence-electron chi connectivity index (χ4n) is 3.51. The monoisotopic (exact) mass is 404 g/mol. The van der Waals surface area contributed by atoms with Crippen LogP contribution in [0.5, 0.6) is 0 Å². The second-order valence-corrected chi connectivity index (χ2v) is 8.35. The number of aromatic nitrogens is 1. The Balaban J connectivity index is 1.33. The van der Waals surface area contributed by atoms with Gasteiger partial charge in [0.2, 0.25) is 0 Å². The highest BCUT2D eigenvalue weighted by Gasteiger charge is 2.20. The molecule has 0 saturated carbocycles. The molecule has 2 aromatic rings. The van der Waals surface area contributed by atoms with Crippen LogP contribution in [-0.4, -0.2) is 42.0 Å². The standard InChI is InChI=1S/C20H22ClFN4S/c1-15-3-2-8-26(15)17-4-6-18(7-5-17)27-25-11-9-24(10-12-25)20-14-16(22)13-19(21)23-20/h4-7,13-14H,1-3,8-12H2. The van der Waals surface area contributed by atoms with E-state index in [1.807, 2.05) is 0 Å². The molecule has 2 fully saturated rings. The number of allylic oxidation sites excluding steroid dienone is 1. The van der Waals surface area contributed by atoms with E-state index < -0.39 is 0 Å². The van der Waals surface area contributed by atoms with Gasteiger partial charge in [-0.15, -0.1) is 0 Å².